The molecule has 0 saturated heterocycles. The Hall–Kier alpha value is -0.870. The minimum absolute atomic E-state index is 0.0867. The van der Waals surface area contributed by atoms with Gasteiger partial charge >= 0.3 is 7.60 Å². The zero-order chi connectivity index (χ0) is 11.5. The predicted octanol–water partition coefficient (Wildman–Crippen LogP) is 0.873. The molecule has 15 heavy (non-hydrogen) atoms. The molecule has 1 unspecified atom stereocenters. The Labute approximate surface area is 88.0 Å². The van der Waals surface area contributed by atoms with Crippen molar-refractivity contribution in [3.05, 3.63) is 29.8 Å². The minimum atomic E-state index is -4.19. The van der Waals surface area contributed by atoms with Crippen molar-refractivity contribution in [3.63, 3.8) is 0 Å². The molecular formula is C9H14NO4P. The van der Waals surface area contributed by atoms with Crippen LogP contribution in [0.25, 0.3) is 0 Å². The number of rotatable bonds is 4. The van der Waals surface area contributed by atoms with E-state index in [1.807, 2.05) is 0 Å². The number of methoxy groups -OCH3 is 1. The second-order valence-electron chi connectivity index (χ2n) is 3.11. The molecule has 0 aliphatic rings. The summed E-state index contributed by atoms with van der Waals surface area (Å²) in [7, 11) is -2.66. The molecule has 1 atom stereocenters. The fourth-order valence-electron chi connectivity index (χ4n) is 1.29. The largest absolute Gasteiger partial charge is 0.497 e. The summed E-state index contributed by atoms with van der Waals surface area (Å²) in [5.74, 6) is 0.639. The molecule has 0 radical (unpaired) electrons. The second-order valence-corrected chi connectivity index (χ2v) is 4.92. The van der Waals surface area contributed by atoms with Crippen LogP contribution in [0.2, 0.25) is 0 Å². The lowest BCUT2D eigenvalue weighted by Crippen LogP contribution is -2.12. The van der Waals surface area contributed by atoms with Crippen LogP contribution in [0.4, 0.5) is 0 Å². The van der Waals surface area contributed by atoms with Gasteiger partial charge in [0.1, 0.15) is 5.75 Å². The van der Waals surface area contributed by atoms with Crippen LogP contribution >= 0.6 is 7.60 Å². The van der Waals surface area contributed by atoms with Gasteiger partial charge in [0, 0.05) is 6.54 Å². The van der Waals surface area contributed by atoms with Crippen LogP contribution in [-0.4, -0.2) is 23.4 Å². The topological polar surface area (TPSA) is 92.8 Å². The van der Waals surface area contributed by atoms with Crippen LogP contribution in [0.5, 0.6) is 5.75 Å². The van der Waals surface area contributed by atoms with Gasteiger partial charge in [-0.3, -0.25) is 4.57 Å². The van der Waals surface area contributed by atoms with Crippen molar-refractivity contribution >= 4 is 7.60 Å². The second kappa shape index (κ2) is 4.77. The standard InChI is InChI=1S/C9H14NO4P/c1-14-8-4-2-7(3-5-8)9(6-10)15(11,12)13/h2-5,9H,6,10H2,1H3,(H2,11,12,13). The van der Waals surface area contributed by atoms with Crippen molar-refractivity contribution in [2.45, 2.75) is 5.66 Å². The lowest BCUT2D eigenvalue weighted by atomic mass is 10.1. The third-order valence-corrected chi connectivity index (χ3v) is 3.45. The molecule has 6 heteroatoms. The first-order valence-electron chi connectivity index (χ1n) is 4.38. The van der Waals surface area contributed by atoms with Gasteiger partial charge in [0.25, 0.3) is 0 Å². The van der Waals surface area contributed by atoms with E-state index in [2.05, 4.69) is 0 Å². The van der Waals surface area contributed by atoms with Crippen molar-refractivity contribution in [2.24, 2.45) is 5.73 Å². The Morgan fingerprint density at radius 1 is 1.40 bits per heavy atom. The summed E-state index contributed by atoms with van der Waals surface area (Å²) < 4.78 is 16.0. The van der Waals surface area contributed by atoms with Crippen LogP contribution in [0.3, 0.4) is 0 Å². The quantitative estimate of drug-likeness (QED) is 0.668. The highest BCUT2D eigenvalue weighted by Crippen LogP contribution is 2.51. The summed E-state index contributed by atoms with van der Waals surface area (Å²) in [5.41, 5.74) is 4.92. The maximum Gasteiger partial charge on any atom is 0.334 e. The van der Waals surface area contributed by atoms with E-state index in [0.717, 1.165) is 0 Å². The Kier molecular flexibility index (Phi) is 3.88. The van der Waals surface area contributed by atoms with E-state index in [1.165, 1.54) is 7.11 Å². The van der Waals surface area contributed by atoms with Gasteiger partial charge < -0.3 is 20.3 Å². The first-order chi connectivity index (χ1) is 6.99. The summed E-state index contributed by atoms with van der Waals surface area (Å²) in [4.78, 5) is 18.1. The number of ether oxygens (including phenoxy) is 1. The van der Waals surface area contributed by atoms with Crippen LogP contribution in [0, 0.1) is 0 Å². The summed E-state index contributed by atoms with van der Waals surface area (Å²) in [6.45, 7) is -0.0867. The third-order valence-electron chi connectivity index (χ3n) is 2.13. The van der Waals surface area contributed by atoms with Gasteiger partial charge in [-0.1, -0.05) is 12.1 Å². The van der Waals surface area contributed by atoms with Crippen molar-refractivity contribution in [3.8, 4) is 5.75 Å². The van der Waals surface area contributed by atoms with E-state index >= 15 is 0 Å². The Morgan fingerprint density at radius 3 is 2.27 bits per heavy atom. The average Bonchev–Trinajstić information content (AvgIpc) is 2.18. The van der Waals surface area contributed by atoms with Crippen molar-refractivity contribution < 1.29 is 19.1 Å². The molecule has 1 aromatic rings. The Bertz CT molecular complexity index is 359. The maximum absolute atomic E-state index is 11.1. The zero-order valence-electron chi connectivity index (χ0n) is 8.33. The molecule has 0 aliphatic heterocycles. The predicted molar refractivity (Wildman–Crippen MR) is 56.8 cm³/mol. The number of hydrogen-bond donors (Lipinski definition) is 3. The monoisotopic (exact) mass is 231 g/mol. The third kappa shape index (κ3) is 3.04. The molecule has 84 valence electrons. The molecule has 0 spiro atoms. The summed E-state index contributed by atoms with van der Waals surface area (Å²) in [5, 5.41) is 0. The molecule has 4 N–H and O–H groups in total. The molecule has 0 aromatic heterocycles. The summed E-state index contributed by atoms with van der Waals surface area (Å²) in [6, 6.07) is 6.51. The average molecular weight is 231 g/mol. The lowest BCUT2D eigenvalue weighted by Gasteiger charge is -2.16. The first kappa shape index (κ1) is 12.2. The number of benzene rings is 1. The highest BCUT2D eigenvalue weighted by molar-refractivity contribution is 7.52. The van der Waals surface area contributed by atoms with E-state index in [4.69, 9.17) is 20.3 Å². The molecular weight excluding hydrogens is 217 g/mol. The fraction of sp³-hybridized carbons (Fsp3) is 0.333. The van der Waals surface area contributed by atoms with Crippen molar-refractivity contribution in [2.75, 3.05) is 13.7 Å². The van der Waals surface area contributed by atoms with Crippen molar-refractivity contribution in [1.29, 1.82) is 0 Å². The summed E-state index contributed by atoms with van der Waals surface area (Å²) in [6.07, 6.45) is 0. The number of hydrogen-bond acceptors (Lipinski definition) is 3. The molecule has 5 nitrogen and oxygen atoms in total. The maximum atomic E-state index is 11.1. The Balaban J connectivity index is 2.98. The van der Waals surface area contributed by atoms with Gasteiger partial charge in [-0.15, -0.1) is 0 Å². The fourth-order valence-corrected chi connectivity index (χ4v) is 2.13. The molecule has 0 fully saturated rings. The highest BCUT2D eigenvalue weighted by atomic mass is 31.2. The number of nitrogens with two attached hydrogens (primary N) is 1. The SMILES string of the molecule is COc1ccc(C(CN)P(=O)(O)O)cc1. The molecule has 0 amide bonds. The van der Waals surface area contributed by atoms with E-state index in [-0.39, 0.29) is 6.54 Å². The Morgan fingerprint density at radius 2 is 1.93 bits per heavy atom. The normalized spacial score (nSPS) is 13.6. The zero-order valence-corrected chi connectivity index (χ0v) is 9.22. The van der Waals surface area contributed by atoms with Gasteiger partial charge in [-0.05, 0) is 17.7 Å². The minimum Gasteiger partial charge on any atom is -0.497 e. The molecule has 0 heterocycles. The van der Waals surface area contributed by atoms with Gasteiger partial charge in [0.15, 0.2) is 0 Å². The van der Waals surface area contributed by atoms with Gasteiger partial charge in [0.2, 0.25) is 0 Å². The molecule has 0 bridgehead atoms. The van der Waals surface area contributed by atoms with Gasteiger partial charge in [-0.2, -0.15) is 0 Å². The van der Waals surface area contributed by atoms with E-state index in [1.54, 1.807) is 24.3 Å². The molecule has 0 saturated carbocycles. The van der Waals surface area contributed by atoms with Gasteiger partial charge in [-0.25, -0.2) is 0 Å². The van der Waals surface area contributed by atoms with Crippen LogP contribution in [0.1, 0.15) is 11.2 Å². The van der Waals surface area contributed by atoms with Crippen LogP contribution in [-0.2, 0) is 4.57 Å². The van der Waals surface area contributed by atoms with Gasteiger partial charge in [0.05, 0.1) is 12.8 Å². The van der Waals surface area contributed by atoms with E-state index in [9.17, 15) is 4.57 Å². The molecule has 1 aromatic carbocycles. The smallest absolute Gasteiger partial charge is 0.334 e. The van der Waals surface area contributed by atoms with Crippen molar-refractivity contribution in [1.82, 2.24) is 0 Å². The van der Waals surface area contributed by atoms with Crippen LogP contribution < -0.4 is 10.5 Å². The first-order valence-corrected chi connectivity index (χ1v) is 6.06. The van der Waals surface area contributed by atoms with Crippen LogP contribution in [0.15, 0.2) is 24.3 Å². The summed E-state index contributed by atoms with van der Waals surface area (Å²) >= 11 is 0. The van der Waals surface area contributed by atoms with E-state index in [0.29, 0.717) is 11.3 Å². The molecule has 0 aliphatic carbocycles. The lowest BCUT2D eigenvalue weighted by molar-refractivity contribution is 0.359. The van der Waals surface area contributed by atoms with E-state index < -0.39 is 13.3 Å². The molecule has 1 rings (SSSR count). The highest BCUT2D eigenvalue weighted by Gasteiger charge is 2.28.